The van der Waals surface area contributed by atoms with Gasteiger partial charge in [0, 0.05) is 12.5 Å². The highest BCUT2D eigenvalue weighted by atomic mass is 16.3. The van der Waals surface area contributed by atoms with Crippen molar-refractivity contribution in [1.29, 1.82) is 0 Å². The molecule has 0 aliphatic heterocycles. The van der Waals surface area contributed by atoms with Crippen molar-refractivity contribution >= 4 is 0 Å². The highest BCUT2D eigenvalue weighted by Crippen LogP contribution is 2.58. The number of aliphatic hydroxyl groups is 1. The van der Waals surface area contributed by atoms with Crippen molar-refractivity contribution in [3.05, 3.63) is 12.2 Å². The van der Waals surface area contributed by atoms with E-state index in [0.717, 1.165) is 17.7 Å². The van der Waals surface area contributed by atoms with E-state index >= 15 is 0 Å². The third-order valence-corrected chi connectivity index (χ3v) is 6.13. The van der Waals surface area contributed by atoms with Crippen molar-refractivity contribution in [2.75, 3.05) is 0 Å². The Kier molecular flexibility index (Phi) is 2.75. The molecule has 20 heavy (non-hydrogen) atoms. The van der Waals surface area contributed by atoms with Gasteiger partial charge in [0.2, 0.25) is 0 Å². The van der Waals surface area contributed by atoms with Gasteiger partial charge in [0.1, 0.15) is 12.2 Å². The van der Waals surface area contributed by atoms with Gasteiger partial charge in [0.05, 0.1) is 5.60 Å². The minimum Gasteiger partial charge on any atom is -0.389 e. The smallest absolute Gasteiger partial charge is 0.138 e. The minimum absolute atomic E-state index is 0.313. The molecule has 0 saturated heterocycles. The summed E-state index contributed by atoms with van der Waals surface area (Å²) in [7, 11) is 0. The van der Waals surface area contributed by atoms with E-state index in [1.165, 1.54) is 32.1 Å². The minimum atomic E-state index is -0.521. The summed E-state index contributed by atoms with van der Waals surface area (Å²) in [5, 5.41) is 15.7. The average molecular weight is 275 g/mol. The molecule has 4 aliphatic carbocycles. The molecule has 0 spiro atoms. The zero-order valence-electron chi connectivity index (χ0n) is 12.5. The Morgan fingerprint density at radius 3 is 2.35 bits per heavy atom. The number of aromatic nitrogens is 3. The summed E-state index contributed by atoms with van der Waals surface area (Å²) in [4.78, 5) is 4.43. The molecule has 4 nitrogen and oxygen atoms in total. The summed E-state index contributed by atoms with van der Waals surface area (Å²) in [5.74, 6) is 3.74. The maximum atomic E-state index is 11.4. The van der Waals surface area contributed by atoms with Crippen molar-refractivity contribution in [3.63, 3.8) is 0 Å². The highest BCUT2D eigenvalue weighted by Gasteiger charge is 2.56. The van der Waals surface area contributed by atoms with Crippen LogP contribution in [0.1, 0.15) is 57.8 Å². The van der Waals surface area contributed by atoms with Crippen LogP contribution in [0.5, 0.6) is 0 Å². The van der Waals surface area contributed by atoms with E-state index in [1.807, 2.05) is 4.68 Å². The normalized spacial score (nSPS) is 42.6. The molecule has 5 rings (SSSR count). The number of nitrogens with zero attached hydrogens (tertiary/aromatic N) is 3. The number of rotatable bonds is 3. The third kappa shape index (κ3) is 1.77. The van der Waals surface area contributed by atoms with Gasteiger partial charge in [-0.05, 0) is 69.6 Å². The topological polar surface area (TPSA) is 50.9 Å². The molecule has 4 aliphatic rings. The van der Waals surface area contributed by atoms with E-state index < -0.39 is 5.60 Å². The van der Waals surface area contributed by atoms with Gasteiger partial charge in [0.25, 0.3) is 0 Å². The SMILES string of the molecule is CC(C)n1ncnc1CC1(O)C2CC3CC(C2)CC1C3. The Morgan fingerprint density at radius 1 is 1.20 bits per heavy atom. The van der Waals surface area contributed by atoms with Crippen molar-refractivity contribution < 1.29 is 5.11 Å². The van der Waals surface area contributed by atoms with E-state index in [1.54, 1.807) is 6.33 Å². The molecular formula is C16H25N3O. The van der Waals surface area contributed by atoms with Gasteiger partial charge in [-0.1, -0.05) is 0 Å². The van der Waals surface area contributed by atoms with Crippen LogP contribution in [0, 0.1) is 23.7 Å². The number of hydrogen-bond donors (Lipinski definition) is 1. The van der Waals surface area contributed by atoms with Crippen molar-refractivity contribution in [2.24, 2.45) is 23.7 Å². The average Bonchev–Trinajstić information content (AvgIpc) is 2.83. The second-order valence-electron chi connectivity index (χ2n) is 7.69. The summed E-state index contributed by atoms with van der Waals surface area (Å²) in [6, 6.07) is 0.313. The van der Waals surface area contributed by atoms with Crippen LogP contribution in [0.25, 0.3) is 0 Å². The molecule has 4 heteroatoms. The van der Waals surface area contributed by atoms with Gasteiger partial charge in [-0.15, -0.1) is 0 Å². The first-order valence-electron chi connectivity index (χ1n) is 8.17. The quantitative estimate of drug-likeness (QED) is 0.922. The van der Waals surface area contributed by atoms with Gasteiger partial charge in [-0.3, -0.25) is 0 Å². The van der Waals surface area contributed by atoms with E-state index in [9.17, 15) is 5.11 Å². The molecule has 1 aromatic heterocycles. The van der Waals surface area contributed by atoms with Crippen LogP contribution < -0.4 is 0 Å². The Bertz CT molecular complexity index is 480. The Labute approximate surface area is 120 Å². The molecule has 0 amide bonds. The molecular weight excluding hydrogens is 250 g/mol. The largest absolute Gasteiger partial charge is 0.389 e. The van der Waals surface area contributed by atoms with E-state index in [-0.39, 0.29) is 0 Å². The maximum absolute atomic E-state index is 11.4. The monoisotopic (exact) mass is 275 g/mol. The predicted molar refractivity (Wildman–Crippen MR) is 76.1 cm³/mol. The fourth-order valence-corrected chi connectivity index (χ4v) is 5.37. The Hall–Kier alpha value is -0.900. The molecule has 1 aromatic rings. The zero-order valence-corrected chi connectivity index (χ0v) is 12.5. The first-order chi connectivity index (χ1) is 9.56. The zero-order chi connectivity index (χ0) is 13.9. The lowest BCUT2D eigenvalue weighted by molar-refractivity contribution is -0.172. The highest BCUT2D eigenvalue weighted by molar-refractivity contribution is 5.10. The van der Waals surface area contributed by atoms with Crippen LogP contribution >= 0.6 is 0 Å². The molecule has 1 heterocycles. The lowest BCUT2D eigenvalue weighted by Crippen LogP contribution is -2.59. The Balaban J connectivity index is 1.63. The van der Waals surface area contributed by atoms with Gasteiger partial charge in [-0.2, -0.15) is 5.10 Å². The number of hydrogen-bond acceptors (Lipinski definition) is 3. The fourth-order valence-electron chi connectivity index (χ4n) is 5.37. The second kappa shape index (κ2) is 4.30. The van der Waals surface area contributed by atoms with Crippen LogP contribution in [0.3, 0.4) is 0 Å². The standard InChI is InChI=1S/C16H25N3O/c1-10(2)19-15(17-9-18-19)8-16(20)13-4-11-3-12(6-13)7-14(16)5-11/h9-14,20H,3-8H2,1-2H3. The van der Waals surface area contributed by atoms with Gasteiger partial charge in [-0.25, -0.2) is 9.67 Å². The molecule has 4 bridgehead atoms. The summed E-state index contributed by atoms with van der Waals surface area (Å²) in [5.41, 5.74) is -0.521. The first kappa shape index (κ1) is 12.8. The molecule has 110 valence electrons. The van der Waals surface area contributed by atoms with Crippen molar-refractivity contribution in [1.82, 2.24) is 14.8 Å². The second-order valence-corrected chi connectivity index (χ2v) is 7.69. The third-order valence-electron chi connectivity index (χ3n) is 6.13. The van der Waals surface area contributed by atoms with E-state index in [0.29, 0.717) is 24.3 Å². The van der Waals surface area contributed by atoms with Crippen LogP contribution in [0.15, 0.2) is 6.33 Å². The molecule has 0 radical (unpaired) electrons. The molecule has 0 aromatic carbocycles. The molecule has 0 unspecified atom stereocenters. The molecule has 4 fully saturated rings. The summed E-state index contributed by atoms with van der Waals surface area (Å²) >= 11 is 0. The first-order valence-corrected chi connectivity index (χ1v) is 8.17. The Morgan fingerprint density at radius 2 is 1.80 bits per heavy atom. The lowest BCUT2D eigenvalue weighted by Gasteiger charge is -2.58. The van der Waals surface area contributed by atoms with E-state index in [4.69, 9.17) is 0 Å². The molecule has 1 N–H and O–H groups in total. The molecule has 4 saturated carbocycles. The predicted octanol–water partition coefficient (Wildman–Crippen LogP) is 2.59. The van der Waals surface area contributed by atoms with Gasteiger partial charge >= 0.3 is 0 Å². The van der Waals surface area contributed by atoms with Crippen LogP contribution in [-0.4, -0.2) is 25.5 Å². The summed E-state index contributed by atoms with van der Waals surface area (Å²) in [6.07, 6.45) is 8.69. The molecule has 0 atom stereocenters. The maximum Gasteiger partial charge on any atom is 0.138 e. The fraction of sp³-hybridized carbons (Fsp3) is 0.875. The summed E-state index contributed by atoms with van der Waals surface area (Å²) < 4.78 is 1.98. The van der Waals surface area contributed by atoms with Crippen LogP contribution in [0.4, 0.5) is 0 Å². The van der Waals surface area contributed by atoms with Crippen LogP contribution in [0.2, 0.25) is 0 Å². The van der Waals surface area contributed by atoms with Crippen molar-refractivity contribution in [2.45, 2.75) is 64.0 Å². The lowest BCUT2D eigenvalue weighted by atomic mass is 9.49. The van der Waals surface area contributed by atoms with Gasteiger partial charge in [0.15, 0.2) is 0 Å². The van der Waals surface area contributed by atoms with E-state index in [2.05, 4.69) is 23.9 Å². The van der Waals surface area contributed by atoms with Gasteiger partial charge < -0.3 is 5.11 Å². The van der Waals surface area contributed by atoms with Crippen molar-refractivity contribution in [3.8, 4) is 0 Å². The van der Waals surface area contributed by atoms with Crippen LogP contribution in [-0.2, 0) is 6.42 Å². The summed E-state index contributed by atoms with van der Waals surface area (Å²) in [6.45, 7) is 4.25.